The van der Waals surface area contributed by atoms with E-state index in [1.165, 1.54) is 30.4 Å². The van der Waals surface area contributed by atoms with Crippen molar-refractivity contribution >= 4 is 11.8 Å². The molecule has 1 aromatic carbocycles. The monoisotopic (exact) mass is 400 g/mol. The lowest BCUT2D eigenvalue weighted by atomic mass is 9.87. The minimum Gasteiger partial charge on any atom is -0.484 e. The summed E-state index contributed by atoms with van der Waals surface area (Å²) in [5.41, 5.74) is 2.49. The van der Waals surface area contributed by atoms with Gasteiger partial charge < -0.3 is 15.0 Å². The van der Waals surface area contributed by atoms with Gasteiger partial charge in [-0.3, -0.25) is 9.59 Å². The molecule has 2 fully saturated rings. The average Bonchev–Trinajstić information content (AvgIpc) is 2.73. The van der Waals surface area contributed by atoms with Gasteiger partial charge in [0.05, 0.1) is 0 Å². The van der Waals surface area contributed by atoms with Crippen LogP contribution in [0.15, 0.2) is 18.2 Å². The second-order valence-corrected chi connectivity index (χ2v) is 8.96. The van der Waals surface area contributed by atoms with Crippen LogP contribution in [0.4, 0.5) is 0 Å². The van der Waals surface area contributed by atoms with Crippen LogP contribution in [0.2, 0.25) is 0 Å². The molecule has 1 aromatic rings. The molecule has 1 saturated carbocycles. The smallest absolute Gasteiger partial charge is 0.258 e. The van der Waals surface area contributed by atoms with E-state index < -0.39 is 0 Å². The molecule has 1 aliphatic heterocycles. The molecule has 1 N–H and O–H groups in total. The second-order valence-electron chi connectivity index (χ2n) is 8.96. The minimum atomic E-state index is -0.0901. The van der Waals surface area contributed by atoms with Gasteiger partial charge in [0.1, 0.15) is 5.75 Å². The number of ether oxygens (including phenoxy) is 1. The van der Waals surface area contributed by atoms with Crippen LogP contribution in [0.25, 0.3) is 0 Å². The van der Waals surface area contributed by atoms with E-state index in [-0.39, 0.29) is 24.5 Å². The van der Waals surface area contributed by atoms with Crippen LogP contribution in [0, 0.1) is 12.8 Å². The summed E-state index contributed by atoms with van der Waals surface area (Å²) in [5, 5.41) is 3.07. The number of rotatable bonds is 6. The Kier molecular flexibility index (Phi) is 7.57. The molecule has 0 atom stereocenters. The molecule has 160 valence electrons. The highest BCUT2D eigenvalue weighted by Gasteiger charge is 2.29. The zero-order chi connectivity index (χ0) is 20.8. The molecule has 3 rings (SSSR count). The van der Waals surface area contributed by atoms with E-state index in [9.17, 15) is 9.59 Å². The summed E-state index contributed by atoms with van der Waals surface area (Å²) in [5.74, 6) is 1.68. The third-order valence-corrected chi connectivity index (χ3v) is 6.36. The number of carbonyl (C=O) groups is 2. The Hall–Kier alpha value is -2.04. The molecule has 0 spiro atoms. The van der Waals surface area contributed by atoms with E-state index in [0.717, 1.165) is 44.5 Å². The number of nitrogens with zero attached hydrogens (tertiary/aromatic N) is 1. The molecule has 29 heavy (non-hydrogen) atoms. The molecule has 2 aliphatic rings. The Morgan fingerprint density at radius 2 is 1.79 bits per heavy atom. The summed E-state index contributed by atoms with van der Waals surface area (Å²) in [7, 11) is 0. The quantitative estimate of drug-likeness (QED) is 0.779. The highest BCUT2D eigenvalue weighted by atomic mass is 16.5. The first kappa shape index (κ1) is 21.7. The largest absolute Gasteiger partial charge is 0.484 e. The van der Waals surface area contributed by atoms with Gasteiger partial charge in [-0.1, -0.05) is 39.2 Å². The highest BCUT2D eigenvalue weighted by molar-refractivity contribution is 5.79. The maximum Gasteiger partial charge on any atom is 0.258 e. The lowest BCUT2D eigenvalue weighted by Gasteiger charge is -2.35. The second kappa shape index (κ2) is 10.1. The third-order valence-electron chi connectivity index (χ3n) is 6.36. The molecule has 2 amide bonds. The van der Waals surface area contributed by atoms with Crippen molar-refractivity contribution in [3.05, 3.63) is 29.3 Å². The Labute approximate surface area is 175 Å². The van der Waals surface area contributed by atoms with Gasteiger partial charge in [0.15, 0.2) is 6.61 Å². The molecule has 0 bridgehead atoms. The van der Waals surface area contributed by atoms with Gasteiger partial charge >= 0.3 is 0 Å². The first-order chi connectivity index (χ1) is 13.9. The number of hydrogen-bond acceptors (Lipinski definition) is 3. The van der Waals surface area contributed by atoms with Crippen LogP contribution in [0.3, 0.4) is 0 Å². The lowest BCUT2D eigenvalue weighted by molar-refractivity contribution is -0.137. The van der Waals surface area contributed by atoms with Crippen molar-refractivity contribution in [2.24, 2.45) is 5.92 Å². The molecule has 0 radical (unpaired) electrons. The lowest BCUT2D eigenvalue weighted by Crippen LogP contribution is -2.49. The van der Waals surface area contributed by atoms with Gasteiger partial charge in [-0.2, -0.15) is 0 Å². The SMILES string of the molecule is Cc1cc(OCC(=O)NC2CCN(C(=O)C3CCCCC3)CC2)ccc1C(C)C. The van der Waals surface area contributed by atoms with E-state index in [1.807, 2.05) is 17.0 Å². The topological polar surface area (TPSA) is 58.6 Å². The summed E-state index contributed by atoms with van der Waals surface area (Å²) < 4.78 is 5.69. The van der Waals surface area contributed by atoms with Crippen molar-refractivity contribution in [2.75, 3.05) is 19.7 Å². The predicted molar refractivity (Wildman–Crippen MR) is 115 cm³/mol. The maximum atomic E-state index is 12.7. The predicted octanol–water partition coefficient (Wildman–Crippen LogP) is 4.18. The number of piperidine rings is 1. The van der Waals surface area contributed by atoms with Gasteiger partial charge in [-0.15, -0.1) is 0 Å². The van der Waals surface area contributed by atoms with Crippen molar-refractivity contribution in [2.45, 2.75) is 77.7 Å². The number of amides is 2. The zero-order valence-electron chi connectivity index (χ0n) is 18.2. The molecular weight excluding hydrogens is 364 g/mol. The van der Waals surface area contributed by atoms with Gasteiger partial charge in [0.2, 0.25) is 5.91 Å². The molecule has 1 aliphatic carbocycles. The zero-order valence-corrected chi connectivity index (χ0v) is 18.2. The number of hydrogen-bond donors (Lipinski definition) is 1. The van der Waals surface area contributed by atoms with Gasteiger partial charge in [0.25, 0.3) is 5.91 Å². The van der Waals surface area contributed by atoms with Crippen molar-refractivity contribution in [1.82, 2.24) is 10.2 Å². The van der Waals surface area contributed by atoms with Gasteiger partial charge in [-0.25, -0.2) is 0 Å². The Balaban J connectivity index is 1.39. The minimum absolute atomic E-state index is 0.0294. The van der Waals surface area contributed by atoms with E-state index in [1.54, 1.807) is 0 Å². The normalized spacial score (nSPS) is 18.7. The first-order valence-corrected chi connectivity index (χ1v) is 11.3. The van der Waals surface area contributed by atoms with E-state index in [2.05, 4.69) is 32.2 Å². The van der Waals surface area contributed by atoms with Crippen molar-refractivity contribution in [3.63, 3.8) is 0 Å². The Morgan fingerprint density at radius 3 is 2.41 bits per heavy atom. The first-order valence-electron chi connectivity index (χ1n) is 11.3. The fourth-order valence-electron chi connectivity index (χ4n) is 4.66. The van der Waals surface area contributed by atoms with Crippen LogP contribution in [0.5, 0.6) is 5.75 Å². The van der Waals surface area contributed by atoms with Gasteiger partial charge in [-0.05, 0) is 61.8 Å². The molecule has 0 aromatic heterocycles. The fourth-order valence-corrected chi connectivity index (χ4v) is 4.66. The summed E-state index contributed by atoms with van der Waals surface area (Å²) in [4.78, 5) is 27.0. The molecular formula is C24H36N2O3. The van der Waals surface area contributed by atoms with Crippen LogP contribution >= 0.6 is 0 Å². The molecule has 0 unspecified atom stereocenters. The Bertz CT molecular complexity index is 702. The molecule has 5 heteroatoms. The molecule has 1 heterocycles. The molecule has 1 saturated heterocycles. The van der Waals surface area contributed by atoms with Crippen LogP contribution < -0.4 is 10.1 Å². The summed E-state index contributed by atoms with van der Waals surface area (Å²) >= 11 is 0. The van der Waals surface area contributed by atoms with Crippen LogP contribution in [-0.4, -0.2) is 42.5 Å². The average molecular weight is 401 g/mol. The summed E-state index contributed by atoms with van der Waals surface area (Å²) in [6.07, 6.45) is 7.38. The van der Waals surface area contributed by atoms with Gasteiger partial charge in [0, 0.05) is 25.0 Å². The van der Waals surface area contributed by atoms with Crippen LogP contribution in [0.1, 0.15) is 75.8 Å². The highest BCUT2D eigenvalue weighted by Crippen LogP contribution is 2.27. The van der Waals surface area contributed by atoms with Crippen molar-refractivity contribution < 1.29 is 14.3 Å². The number of aryl methyl sites for hydroxylation is 1. The fraction of sp³-hybridized carbons (Fsp3) is 0.667. The maximum absolute atomic E-state index is 12.7. The molecule has 5 nitrogen and oxygen atoms in total. The summed E-state index contributed by atoms with van der Waals surface area (Å²) in [6.45, 7) is 7.94. The van der Waals surface area contributed by atoms with Crippen molar-refractivity contribution in [1.29, 1.82) is 0 Å². The Morgan fingerprint density at radius 1 is 1.10 bits per heavy atom. The van der Waals surface area contributed by atoms with E-state index in [4.69, 9.17) is 4.74 Å². The van der Waals surface area contributed by atoms with Crippen LogP contribution in [-0.2, 0) is 9.59 Å². The van der Waals surface area contributed by atoms with E-state index >= 15 is 0 Å². The number of benzene rings is 1. The number of nitrogens with one attached hydrogen (secondary N) is 1. The third kappa shape index (κ3) is 5.97. The summed E-state index contributed by atoms with van der Waals surface area (Å²) in [6, 6.07) is 6.14. The number of carbonyl (C=O) groups excluding carboxylic acids is 2. The van der Waals surface area contributed by atoms with Crippen molar-refractivity contribution in [3.8, 4) is 5.75 Å². The van der Waals surface area contributed by atoms with E-state index in [0.29, 0.717) is 11.8 Å². The standard InChI is InChI=1S/C24H36N2O3/c1-17(2)22-10-9-21(15-18(22)3)29-16-23(27)25-20-11-13-26(14-12-20)24(28)19-7-5-4-6-8-19/h9-10,15,17,19-20H,4-8,11-14,16H2,1-3H3,(H,25,27). The number of likely N-dealkylation sites (tertiary alicyclic amines) is 1.